The molecule has 0 unspecified atom stereocenters. The number of halogens is 1. The predicted octanol–water partition coefficient (Wildman–Crippen LogP) is 4.76. The molecule has 0 radical (unpaired) electrons. The standard InChI is InChI=1S/C21H18ClN5OS/c1-2-14-6-8-16(9-7-14)26-19(28)12-29-21-18-11-25-27(20(18)23-13-24-21)17-5-3-4-15(22)10-17/h3-11,13H,2,12H2,1H3,(H,26,28). The number of aryl methyl sites for hydroxylation is 1. The predicted molar refractivity (Wildman–Crippen MR) is 117 cm³/mol. The second-order valence-electron chi connectivity index (χ2n) is 6.34. The highest BCUT2D eigenvalue weighted by Crippen LogP contribution is 2.26. The SMILES string of the molecule is CCc1ccc(NC(=O)CSc2ncnc3c2cnn3-c2cccc(Cl)c2)cc1. The molecule has 2 heterocycles. The second-order valence-corrected chi connectivity index (χ2v) is 7.74. The molecule has 0 aliphatic carbocycles. The van der Waals surface area contributed by atoms with E-state index in [-0.39, 0.29) is 11.7 Å². The third-order valence-corrected chi connectivity index (χ3v) is 5.61. The average Bonchev–Trinajstić information content (AvgIpc) is 3.17. The zero-order chi connectivity index (χ0) is 20.2. The van der Waals surface area contributed by atoms with Gasteiger partial charge in [0.2, 0.25) is 5.91 Å². The molecular weight excluding hydrogens is 406 g/mol. The molecule has 0 aliphatic heterocycles. The Morgan fingerprint density at radius 1 is 1.17 bits per heavy atom. The monoisotopic (exact) mass is 423 g/mol. The first-order chi connectivity index (χ1) is 14.1. The molecule has 0 fully saturated rings. The van der Waals surface area contributed by atoms with Crippen LogP contribution in [0.3, 0.4) is 0 Å². The topological polar surface area (TPSA) is 72.7 Å². The van der Waals surface area contributed by atoms with E-state index in [1.807, 2.05) is 42.5 Å². The molecule has 2 aromatic carbocycles. The zero-order valence-corrected chi connectivity index (χ0v) is 17.2. The van der Waals surface area contributed by atoms with Gasteiger partial charge in [0.25, 0.3) is 0 Å². The Labute approximate surface area is 177 Å². The highest BCUT2D eigenvalue weighted by Gasteiger charge is 2.13. The van der Waals surface area contributed by atoms with Crippen LogP contribution in [0.5, 0.6) is 0 Å². The van der Waals surface area contributed by atoms with E-state index in [1.54, 1.807) is 16.9 Å². The van der Waals surface area contributed by atoms with Crippen LogP contribution < -0.4 is 5.32 Å². The van der Waals surface area contributed by atoms with Crippen LogP contribution in [0.25, 0.3) is 16.7 Å². The van der Waals surface area contributed by atoms with Crippen LogP contribution in [-0.2, 0) is 11.2 Å². The molecule has 0 bridgehead atoms. The Bertz CT molecular complexity index is 1160. The molecule has 4 rings (SSSR count). The normalized spacial score (nSPS) is 11.0. The number of carbonyl (C=O) groups excluding carboxylic acids is 1. The Hall–Kier alpha value is -2.90. The maximum absolute atomic E-state index is 12.3. The lowest BCUT2D eigenvalue weighted by Crippen LogP contribution is -2.14. The zero-order valence-electron chi connectivity index (χ0n) is 15.7. The van der Waals surface area contributed by atoms with Crippen molar-refractivity contribution in [2.45, 2.75) is 18.4 Å². The van der Waals surface area contributed by atoms with Crippen molar-refractivity contribution < 1.29 is 4.79 Å². The van der Waals surface area contributed by atoms with Crippen molar-refractivity contribution in [1.82, 2.24) is 19.7 Å². The number of fused-ring (bicyclic) bond motifs is 1. The Morgan fingerprint density at radius 3 is 2.76 bits per heavy atom. The van der Waals surface area contributed by atoms with Crippen LogP contribution in [0.4, 0.5) is 5.69 Å². The molecule has 2 aromatic heterocycles. The summed E-state index contributed by atoms with van der Waals surface area (Å²) in [5.74, 6) is 0.150. The van der Waals surface area contributed by atoms with Crippen molar-refractivity contribution in [3.8, 4) is 5.69 Å². The lowest BCUT2D eigenvalue weighted by Gasteiger charge is -2.06. The first kappa shape index (κ1) is 19.4. The number of aromatic nitrogens is 4. The van der Waals surface area contributed by atoms with E-state index in [0.717, 1.165) is 23.2 Å². The Kier molecular flexibility index (Phi) is 5.78. The molecule has 146 valence electrons. The Balaban J connectivity index is 1.49. The van der Waals surface area contributed by atoms with Crippen LogP contribution in [0.2, 0.25) is 5.02 Å². The quantitative estimate of drug-likeness (QED) is 0.357. The van der Waals surface area contributed by atoms with E-state index in [0.29, 0.717) is 15.7 Å². The number of thioether (sulfide) groups is 1. The summed E-state index contributed by atoms with van der Waals surface area (Å²) in [6.07, 6.45) is 4.16. The van der Waals surface area contributed by atoms with E-state index in [1.165, 1.54) is 23.7 Å². The van der Waals surface area contributed by atoms with Gasteiger partial charge in [-0.3, -0.25) is 4.79 Å². The van der Waals surface area contributed by atoms with E-state index in [4.69, 9.17) is 11.6 Å². The van der Waals surface area contributed by atoms with Gasteiger partial charge < -0.3 is 5.32 Å². The van der Waals surface area contributed by atoms with E-state index >= 15 is 0 Å². The maximum atomic E-state index is 12.3. The van der Waals surface area contributed by atoms with Crippen molar-refractivity contribution in [3.63, 3.8) is 0 Å². The van der Waals surface area contributed by atoms with Crippen LogP contribution in [0.1, 0.15) is 12.5 Å². The third kappa shape index (κ3) is 4.41. The van der Waals surface area contributed by atoms with E-state index < -0.39 is 0 Å². The molecule has 1 N–H and O–H groups in total. The number of hydrogen-bond acceptors (Lipinski definition) is 5. The highest BCUT2D eigenvalue weighted by atomic mass is 35.5. The fourth-order valence-electron chi connectivity index (χ4n) is 2.89. The van der Waals surface area contributed by atoms with Gasteiger partial charge in [0.05, 0.1) is 23.0 Å². The minimum Gasteiger partial charge on any atom is -0.325 e. The summed E-state index contributed by atoms with van der Waals surface area (Å²) >= 11 is 7.44. The summed E-state index contributed by atoms with van der Waals surface area (Å²) in [5, 5.41) is 9.45. The number of benzene rings is 2. The molecule has 29 heavy (non-hydrogen) atoms. The summed E-state index contributed by atoms with van der Waals surface area (Å²) in [7, 11) is 0. The minimum atomic E-state index is -0.0896. The number of nitrogens with one attached hydrogen (secondary N) is 1. The van der Waals surface area contributed by atoms with E-state index in [2.05, 4.69) is 27.3 Å². The molecule has 0 aliphatic rings. The van der Waals surface area contributed by atoms with Gasteiger partial charge in [0.1, 0.15) is 11.4 Å². The maximum Gasteiger partial charge on any atom is 0.234 e. The molecule has 1 amide bonds. The minimum absolute atomic E-state index is 0.0896. The van der Waals surface area contributed by atoms with Crippen molar-refractivity contribution >= 4 is 46.0 Å². The van der Waals surface area contributed by atoms with Crippen LogP contribution in [0.15, 0.2) is 66.1 Å². The van der Waals surface area contributed by atoms with Crippen LogP contribution >= 0.6 is 23.4 Å². The van der Waals surface area contributed by atoms with E-state index in [9.17, 15) is 4.79 Å². The number of anilines is 1. The summed E-state index contributed by atoms with van der Waals surface area (Å²) < 4.78 is 1.71. The van der Waals surface area contributed by atoms with Gasteiger partial charge >= 0.3 is 0 Å². The van der Waals surface area contributed by atoms with Gasteiger partial charge in [0.15, 0.2) is 5.65 Å². The molecule has 0 atom stereocenters. The first-order valence-corrected chi connectivity index (χ1v) is 10.5. The summed E-state index contributed by atoms with van der Waals surface area (Å²) in [6.45, 7) is 2.10. The Morgan fingerprint density at radius 2 is 2.00 bits per heavy atom. The smallest absolute Gasteiger partial charge is 0.234 e. The first-order valence-electron chi connectivity index (χ1n) is 9.10. The molecule has 8 heteroatoms. The van der Waals surface area contributed by atoms with Crippen LogP contribution in [0, 0.1) is 0 Å². The number of nitrogens with zero attached hydrogens (tertiary/aromatic N) is 4. The molecular formula is C21H18ClN5OS. The van der Waals surface area contributed by atoms with Gasteiger partial charge in [-0.1, -0.05) is 48.5 Å². The summed E-state index contributed by atoms with van der Waals surface area (Å²) in [5.41, 5.74) is 3.50. The fraction of sp³-hybridized carbons (Fsp3) is 0.143. The number of hydrogen-bond donors (Lipinski definition) is 1. The van der Waals surface area contributed by atoms with Gasteiger partial charge in [-0.05, 0) is 42.3 Å². The van der Waals surface area contributed by atoms with Crippen LogP contribution in [-0.4, -0.2) is 31.4 Å². The highest BCUT2D eigenvalue weighted by molar-refractivity contribution is 8.00. The summed E-state index contributed by atoms with van der Waals surface area (Å²) in [4.78, 5) is 21.0. The number of rotatable bonds is 6. The van der Waals surface area contributed by atoms with Gasteiger partial charge in [-0.25, -0.2) is 14.6 Å². The van der Waals surface area contributed by atoms with Crippen molar-refractivity contribution in [2.75, 3.05) is 11.1 Å². The van der Waals surface area contributed by atoms with Gasteiger partial charge in [-0.2, -0.15) is 5.10 Å². The molecule has 6 nitrogen and oxygen atoms in total. The average molecular weight is 424 g/mol. The largest absolute Gasteiger partial charge is 0.325 e. The lowest BCUT2D eigenvalue weighted by molar-refractivity contribution is -0.113. The number of amides is 1. The van der Waals surface area contributed by atoms with Gasteiger partial charge in [-0.15, -0.1) is 0 Å². The molecule has 0 saturated carbocycles. The van der Waals surface area contributed by atoms with Gasteiger partial charge in [0, 0.05) is 10.7 Å². The summed E-state index contributed by atoms with van der Waals surface area (Å²) in [6, 6.07) is 15.3. The second kappa shape index (κ2) is 8.63. The lowest BCUT2D eigenvalue weighted by atomic mass is 10.1. The fourth-order valence-corrected chi connectivity index (χ4v) is 3.83. The third-order valence-electron chi connectivity index (χ3n) is 4.37. The molecule has 0 saturated heterocycles. The number of carbonyl (C=O) groups is 1. The van der Waals surface area contributed by atoms with Crippen molar-refractivity contribution in [3.05, 3.63) is 71.6 Å². The molecule has 0 spiro atoms. The van der Waals surface area contributed by atoms with Crippen molar-refractivity contribution in [1.29, 1.82) is 0 Å². The van der Waals surface area contributed by atoms with Crippen molar-refractivity contribution in [2.24, 2.45) is 0 Å². The molecule has 4 aromatic rings.